The van der Waals surface area contributed by atoms with E-state index >= 15 is 0 Å². The van der Waals surface area contributed by atoms with E-state index in [1.54, 1.807) is 0 Å². The third kappa shape index (κ3) is 2.30. The van der Waals surface area contributed by atoms with Gasteiger partial charge in [0, 0.05) is 6.42 Å². The minimum Gasteiger partial charge on any atom is -0.430 e. The predicted molar refractivity (Wildman–Crippen MR) is 43.1 cm³/mol. The molecule has 2 heterocycles. The number of aliphatic hydroxyl groups is 1. The van der Waals surface area contributed by atoms with E-state index in [1.807, 2.05) is 0 Å². The van der Waals surface area contributed by atoms with Crippen molar-refractivity contribution in [2.24, 2.45) is 0 Å². The second-order valence-electron chi connectivity index (χ2n) is 3.32. The topological polar surface area (TPSA) is 91.3 Å². The van der Waals surface area contributed by atoms with Gasteiger partial charge in [-0.3, -0.25) is 0 Å². The summed E-state index contributed by atoms with van der Waals surface area (Å²) in [5.41, 5.74) is 0. The van der Waals surface area contributed by atoms with Gasteiger partial charge in [-0.05, 0) is 0 Å². The van der Waals surface area contributed by atoms with E-state index in [-0.39, 0.29) is 19.6 Å². The van der Waals surface area contributed by atoms with E-state index < -0.39 is 30.6 Å². The Morgan fingerprint density at radius 3 is 2.40 bits per heavy atom. The smallest absolute Gasteiger partial charge is 0.430 e. The van der Waals surface area contributed by atoms with Gasteiger partial charge in [-0.2, -0.15) is 0 Å². The largest absolute Gasteiger partial charge is 0.508 e. The van der Waals surface area contributed by atoms with Crippen LogP contribution in [0.1, 0.15) is 6.42 Å². The first-order chi connectivity index (χ1) is 7.15. The second-order valence-corrected chi connectivity index (χ2v) is 3.32. The van der Waals surface area contributed by atoms with Crippen molar-refractivity contribution < 1.29 is 33.6 Å². The van der Waals surface area contributed by atoms with Gasteiger partial charge in [0.15, 0.2) is 6.10 Å². The fourth-order valence-corrected chi connectivity index (χ4v) is 1.43. The van der Waals surface area contributed by atoms with Crippen molar-refractivity contribution in [2.45, 2.75) is 24.7 Å². The highest BCUT2D eigenvalue weighted by Gasteiger charge is 2.36. The Balaban J connectivity index is 1.79. The van der Waals surface area contributed by atoms with Crippen LogP contribution in [0, 0.1) is 0 Å². The molecule has 2 fully saturated rings. The van der Waals surface area contributed by atoms with Crippen LogP contribution in [0.5, 0.6) is 0 Å². The zero-order valence-corrected chi connectivity index (χ0v) is 7.75. The standard InChI is InChI=1S/C8H10O7/c9-5(6-3-13-8(11)15-6)1-4-2-12-7(10)14-4/h4-6,9H,1-3H2/t4?,5?,6-/m1/s1. The number of hydrogen-bond acceptors (Lipinski definition) is 7. The summed E-state index contributed by atoms with van der Waals surface area (Å²) in [6.07, 6.45) is -3.49. The SMILES string of the molecule is O=C1OCC(CC(O)[C@H]2COC(=O)O2)O1. The molecule has 0 amide bonds. The van der Waals surface area contributed by atoms with E-state index in [4.69, 9.17) is 4.74 Å². The third-order valence-corrected chi connectivity index (χ3v) is 2.20. The number of ether oxygens (including phenoxy) is 4. The lowest BCUT2D eigenvalue weighted by atomic mass is 10.1. The van der Waals surface area contributed by atoms with Crippen molar-refractivity contribution in [2.75, 3.05) is 13.2 Å². The van der Waals surface area contributed by atoms with Crippen molar-refractivity contribution in [1.29, 1.82) is 0 Å². The Kier molecular flexibility index (Phi) is 2.63. The molecule has 2 rings (SSSR count). The minimum absolute atomic E-state index is 0.0154. The maximum Gasteiger partial charge on any atom is 0.508 e. The van der Waals surface area contributed by atoms with Crippen LogP contribution in [0.25, 0.3) is 0 Å². The lowest BCUT2D eigenvalue weighted by Gasteiger charge is -2.16. The summed E-state index contributed by atoms with van der Waals surface area (Å²) in [5, 5.41) is 9.61. The molecule has 2 unspecified atom stereocenters. The quantitative estimate of drug-likeness (QED) is 0.656. The van der Waals surface area contributed by atoms with Gasteiger partial charge in [-0.25, -0.2) is 9.59 Å². The molecule has 0 radical (unpaired) electrons. The summed E-state index contributed by atoms with van der Waals surface area (Å²) >= 11 is 0. The summed E-state index contributed by atoms with van der Waals surface area (Å²) in [6.45, 7) is 0.124. The van der Waals surface area contributed by atoms with Crippen LogP contribution in [0.2, 0.25) is 0 Å². The molecule has 0 spiro atoms. The van der Waals surface area contributed by atoms with E-state index in [1.165, 1.54) is 0 Å². The molecular formula is C8H10O7. The van der Waals surface area contributed by atoms with Crippen LogP contribution in [0.15, 0.2) is 0 Å². The average Bonchev–Trinajstić information content (AvgIpc) is 2.75. The summed E-state index contributed by atoms with van der Waals surface area (Å²) in [6, 6.07) is 0. The molecule has 1 N–H and O–H groups in total. The van der Waals surface area contributed by atoms with Crippen LogP contribution in [0.3, 0.4) is 0 Å². The van der Waals surface area contributed by atoms with Gasteiger partial charge >= 0.3 is 12.3 Å². The molecule has 15 heavy (non-hydrogen) atoms. The molecule has 0 aliphatic carbocycles. The number of carbonyl (C=O) groups excluding carboxylic acids is 2. The Labute approximate surface area is 84.9 Å². The van der Waals surface area contributed by atoms with Gasteiger partial charge in [0.05, 0.1) is 6.10 Å². The lowest BCUT2D eigenvalue weighted by Crippen LogP contribution is -2.32. The normalized spacial score (nSPS) is 31.5. The monoisotopic (exact) mass is 218 g/mol. The third-order valence-electron chi connectivity index (χ3n) is 2.20. The Morgan fingerprint density at radius 2 is 1.87 bits per heavy atom. The van der Waals surface area contributed by atoms with Crippen molar-refractivity contribution in [3.8, 4) is 0 Å². The van der Waals surface area contributed by atoms with E-state index in [2.05, 4.69) is 14.2 Å². The Bertz CT molecular complexity index is 276. The molecule has 2 aliphatic rings. The second kappa shape index (κ2) is 3.93. The van der Waals surface area contributed by atoms with Crippen LogP contribution in [-0.4, -0.2) is 48.9 Å². The molecule has 0 aromatic heterocycles. The summed E-state index contributed by atoms with van der Waals surface area (Å²) in [4.78, 5) is 21.2. The molecule has 7 heteroatoms. The van der Waals surface area contributed by atoms with Gasteiger partial charge in [0.1, 0.15) is 19.3 Å². The molecular weight excluding hydrogens is 208 g/mol. The molecule has 2 aliphatic heterocycles. The fraction of sp³-hybridized carbons (Fsp3) is 0.750. The molecule has 0 saturated carbocycles. The minimum atomic E-state index is -0.920. The van der Waals surface area contributed by atoms with Crippen LogP contribution >= 0.6 is 0 Å². The van der Waals surface area contributed by atoms with Gasteiger partial charge in [-0.1, -0.05) is 0 Å². The predicted octanol–water partition coefficient (Wildman–Crippen LogP) is -0.192. The van der Waals surface area contributed by atoms with E-state index in [0.717, 1.165) is 0 Å². The number of rotatable bonds is 3. The van der Waals surface area contributed by atoms with Crippen molar-refractivity contribution >= 4 is 12.3 Å². The highest BCUT2D eigenvalue weighted by Crippen LogP contribution is 2.18. The summed E-state index contributed by atoms with van der Waals surface area (Å²) in [7, 11) is 0. The van der Waals surface area contributed by atoms with Gasteiger partial charge in [0.25, 0.3) is 0 Å². The summed E-state index contributed by atoms with van der Waals surface area (Å²) in [5.74, 6) is 0. The molecule has 2 saturated heterocycles. The van der Waals surface area contributed by atoms with E-state index in [9.17, 15) is 14.7 Å². The molecule has 0 aromatic carbocycles. The molecule has 7 nitrogen and oxygen atoms in total. The Morgan fingerprint density at radius 1 is 1.20 bits per heavy atom. The van der Waals surface area contributed by atoms with Crippen LogP contribution in [-0.2, 0) is 18.9 Å². The maximum atomic E-state index is 10.6. The molecule has 0 aromatic rings. The molecule has 3 atom stereocenters. The Hall–Kier alpha value is -1.50. The van der Waals surface area contributed by atoms with Gasteiger partial charge in [0.2, 0.25) is 0 Å². The van der Waals surface area contributed by atoms with Crippen molar-refractivity contribution in [3.05, 3.63) is 0 Å². The average molecular weight is 218 g/mol. The van der Waals surface area contributed by atoms with Gasteiger partial charge in [-0.15, -0.1) is 0 Å². The first-order valence-electron chi connectivity index (χ1n) is 4.50. The number of hydrogen-bond donors (Lipinski definition) is 1. The van der Waals surface area contributed by atoms with Crippen LogP contribution in [0.4, 0.5) is 9.59 Å². The number of cyclic esters (lactones) is 4. The van der Waals surface area contributed by atoms with Crippen molar-refractivity contribution in [3.63, 3.8) is 0 Å². The zero-order valence-electron chi connectivity index (χ0n) is 7.75. The number of carbonyl (C=O) groups is 2. The first-order valence-corrected chi connectivity index (χ1v) is 4.50. The maximum absolute atomic E-state index is 10.6. The highest BCUT2D eigenvalue weighted by molar-refractivity contribution is 5.62. The lowest BCUT2D eigenvalue weighted by molar-refractivity contribution is 0.00481. The first kappa shape index (κ1) is 10.0. The van der Waals surface area contributed by atoms with Crippen molar-refractivity contribution in [1.82, 2.24) is 0 Å². The molecule has 0 bridgehead atoms. The highest BCUT2D eigenvalue weighted by atomic mass is 16.8. The van der Waals surface area contributed by atoms with E-state index in [0.29, 0.717) is 0 Å². The zero-order chi connectivity index (χ0) is 10.8. The summed E-state index contributed by atoms with van der Waals surface area (Å²) < 4.78 is 18.4. The molecule has 84 valence electrons. The fourth-order valence-electron chi connectivity index (χ4n) is 1.43. The number of aliphatic hydroxyl groups excluding tert-OH is 1. The van der Waals surface area contributed by atoms with Crippen LogP contribution < -0.4 is 0 Å². The van der Waals surface area contributed by atoms with Gasteiger partial charge < -0.3 is 24.1 Å².